The number of ether oxygens (including phenoxy) is 1. The van der Waals surface area contributed by atoms with E-state index in [-0.39, 0.29) is 29.1 Å². The van der Waals surface area contributed by atoms with E-state index in [0.717, 1.165) is 11.1 Å². The Kier molecular flexibility index (Phi) is 6.87. The lowest BCUT2D eigenvalue weighted by Gasteiger charge is -2.43. The Labute approximate surface area is 202 Å². The van der Waals surface area contributed by atoms with Crippen molar-refractivity contribution in [1.82, 2.24) is 9.21 Å². The van der Waals surface area contributed by atoms with Crippen LogP contribution in [0.4, 0.5) is 13.2 Å². The molecule has 11 heteroatoms. The number of aliphatic carboxylic acids is 1. The van der Waals surface area contributed by atoms with E-state index in [2.05, 4.69) is 9.64 Å². The number of halogens is 3. The fraction of sp³-hybridized carbons (Fsp3) is 0.458. The van der Waals surface area contributed by atoms with Crippen LogP contribution in [0.1, 0.15) is 30.5 Å². The van der Waals surface area contributed by atoms with Crippen LogP contribution in [0.3, 0.4) is 0 Å². The average Bonchev–Trinajstić information content (AvgIpc) is 3.18. The lowest BCUT2D eigenvalue weighted by atomic mass is 10.1. The molecule has 1 aliphatic heterocycles. The highest BCUT2D eigenvalue weighted by Crippen LogP contribution is 2.35. The van der Waals surface area contributed by atoms with Crippen molar-refractivity contribution in [3.8, 4) is 5.75 Å². The summed E-state index contributed by atoms with van der Waals surface area (Å²) in [6.07, 6.45) is -4.24. The van der Waals surface area contributed by atoms with Gasteiger partial charge in [0, 0.05) is 31.7 Å². The minimum Gasteiger partial charge on any atom is -0.481 e. The van der Waals surface area contributed by atoms with Crippen LogP contribution >= 0.6 is 0 Å². The van der Waals surface area contributed by atoms with E-state index in [0.29, 0.717) is 31.6 Å². The number of piperazine rings is 1. The number of carbonyl (C=O) groups is 1. The van der Waals surface area contributed by atoms with Crippen molar-refractivity contribution in [3.63, 3.8) is 0 Å². The number of carboxylic acid groups (broad SMARTS) is 1. The van der Waals surface area contributed by atoms with Gasteiger partial charge in [-0.25, -0.2) is 8.42 Å². The number of fused-ring (bicyclic) bond motifs is 1. The van der Waals surface area contributed by atoms with Crippen LogP contribution in [-0.4, -0.2) is 60.2 Å². The zero-order chi connectivity index (χ0) is 25.5. The zero-order valence-corrected chi connectivity index (χ0v) is 20.1. The summed E-state index contributed by atoms with van der Waals surface area (Å²) < 4.78 is 70.0. The first-order valence-corrected chi connectivity index (χ1v) is 12.7. The van der Waals surface area contributed by atoms with Crippen molar-refractivity contribution < 1.29 is 36.2 Å². The predicted molar refractivity (Wildman–Crippen MR) is 121 cm³/mol. The fourth-order valence-electron chi connectivity index (χ4n) is 5.22. The molecular formula is C24H27F3N2O5S. The molecule has 0 amide bonds. The van der Waals surface area contributed by atoms with Gasteiger partial charge < -0.3 is 9.84 Å². The predicted octanol–water partition coefficient (Wildman–Crippen LogP) is 3.67. The number of carboxylic acids is 1. The molecule has 1 saturated heterocycles. The molecule has 0 saturated carbocycles. The van der Waals surface area contributed by atoms with Gasteiger partial charge in [0.25, 0.3) is 0 Å². The Morgan fingerprint density at radius 2 is 1.69 bits per heavy atom. The van der Waals surface area contributed by atoms with Crippen LogP contribution in [0.5, 0.6) is 5.75 Å². The first kappa shape index (κ1) is 25.5. The quantitative estimate of drug-likeness (QED) is 0.636. The van der Waals surface area contributed by atoms with Crippen LogP contribution < -0.4 is 4.74 Å². The summed E-state index contributed by atoms with van der Waals surface area (Å²) in [6.45, 7) is 4.98. The van der Waals surface area contributed by atoms with Crippen molar-refractivity contribution in [2.75, 3.05) is 13.1 Å². The SMILES string of the molecule is CC1CN(Cc2ccc(OC(F)(F)F)cc2)CC(C)N1S(=O)(=O)c1cccc2c1CC(C(=O)O)C2. The number of sulfonamides is 1. The largest absolute Gasteiger partial charge is 0.573 e. The summed E-state index contributed by atoms with van der Waals surface area (Å²) in [5, 5.41) is 9.40. The number of rotatable bonds is 6. The molecule has 1 aliphatic carbocycles. The normalized spacial score (nSPS) is 23.7. The molecule has 190 valence electrons. The highest BCUT2D eigenvalue weighted by atomic mass is 32.2. The Morgan fingerprint density at radius 1 is 1.06 bits per heavy atom. The molecule has 7 nitrogen and oxygen atoms in total. The molecule has 0 aromatic heterocycles. The molecule has 1 fully saturated rings. The van der Waals surface area contributed by atoms with E-state index >= 15 is 0 Å². The molecule has 2 aromatic rings. The minimum absolute atomic E-state index is 0.172. The third-order valence-electron chi connectivity index (χ3n) is 6.53. The summed E-state index contributed by atoms with van der Waals surface area (Å²) in [6, 6.07) is 9.92. The summed E-state index contributed by atoms with van der Waals surface area (Å²) >= 11 is 0. The average molecular weight is 513 g/mol. The van der Waals surface area contributed by atoms with Gasteiger partial charge in [0.05, 0.1) is 10.8 Å². The molecule has 2 aromatic carbocycles. The summed E-state index contributed by atoms with van der Waals surface area (Å²) in [7, 11) is -3.86. The van der Waals surface area contributed by atoms with Crippen LogP contribution in [0.25, 0.3) is 0 Å². The fourth-order valence-corrected chi connectivity index (χ4v) is 7.31. The van der Waals surface area contributed by atoms with Gasteiger partial charge in [-0.05, 0) is 61.6 Å². The summed E-state index contributed by atoms with van der Waals surface area (Å²) in [5.41, 5.74) is 2.13. The van der Waals surface area contributed by atoms with Crippen molar-refractivity contribution in [2.24, 2.45) is 5.92 Å². The molecule has 3 atom stereocenters. The Balaban J connectivity index is 1.48. The molecule has 2 aliphatic rings. The maximum absolute atomic E-state index is 13.7. The Hall–Kier alpha value is -2.63. The van der Waals surface area contributed by atoms with Gasteiger partial charge in [-0.3, -0.25) is 9.69 Å². The van der Waals surface area contributed by atoms with E-state index in [1.807, 2.05) is 13.8 Å². The molecule has 4 rings (SSSR count). The lowest BCUT2D eigenvalue weighted by molar-refractivity contribution is -0.274. The zero-order valence-electron chi connectivity index (χ0n) is 19.3. The molecule has 3 unspecified atom stereocenters. The van der Waals surface area contributed by atoms with E-state index in [4.69, 9.17) is 0 Å². The maximum atomic E-state index is 13.7. The minimum atomic E-state index is -4.75. The van der Waals surface area contributed by atoms with Crippen LogP contribution in [0.15, 0.2) is 47.4 Å². The molecule has 0 radical (unpaired) electrons. The van der Waals surface area contributed by atoms with E-state index < -0.39 is 28.3 Å². The van der Waals surface area contributed by atoms with Gasteiger partial charge in [0.15, 0.2) is 0 Å². The second kappa shape index (κ2) is 9.44. The third-order valence-corrected chi connectivity index (χ3v) is 8.74. The smallest absolute Gasteiger partial charge is 0.481 e. The Morgan fingerprint density at radius 3 is 2.26 bits per heavy atom. The van der Waals surface area contributed by atoms with Gasteiger partial charge in [-0.1, -0.05) is 24.3 Å². The summed E-state index contributed by atoms with van der Waals surface area (Å²) in [5.74, 6) is -1.85. The highest BCUT2D eigenvalue weighted by Gasteiger charge is 2.41. The number of nitrogens with zero attached hydrogens (tertiary/aromatic N) is 2. The van der Waals surface area contributed by atoms with Crippen molar-refractivity contribution in [3.05, 3.63) is 59.2 Å². The van der Waals surface area contributed by atoms with Gasteiger partial charge in [-0.2, -0.15) is 4.31 Å². The standard InChI is InChI=1S/C24H27F3N2O5S/c1-15-12-28(14-17-6-8-20(9-7-17)34-24(25,26)27)13-16(2)29(15)35(32,33)22-5-3-4-18-10-19(23(30)31)11-21(18)22/h3-9,15-16,19H,10-14H2,1-2H3,(H,30,31). The van der Waals surface area contributed by atoms with Crippen LogP contribution in [0.2, 0.25) is 0 Å². The topological polar surface area (TPSA) is 87.2 Å². The van der Waals surface area contributed by atoms with E-state index in [9.17, 15) is 31.5 Å². The summed E-state index contributed by atoms with van der Waals surface area (Å²) in [4.78, 5) is 13.7. The van der Waals surface area contributed by atoms with Crippen LogP contribution in [-0.2, 0) is 34.2 Å². The van der Waals surface area contributed by atoms with Gasteiger partial charge in [-0.15, -0.1) is 13.2 Å². The number of hydrogen-bond acceptors (Lipinski definition) is 5. The number of hydrogen-bond donors (Lipinski definition) is 1. The second-order valence-corrected chi connectivity index (χ2v) is 11.1. The molecule has 35 heavy (non-hydrogen) atoms. The molecular weight excluding hydrogens is 485 g/mol. The Bertz CT molecular complexity index is 1190. The van der Waals surface area contributed by atoms with Gasteiger partial charge in [0.1, 0.15) is 5.75 Å². The van der Waals surface area contributed by atoms with Crippen LogP contribution in [0, 0.1) is 5.92 Å². The van der Waals surface area contributed by atoms with Gasteiger partial charge >= 0.3 is 12.3 Å². The molecule has 0 bridgehead atoms. The number of benzene rings is 2. The van der Waals surface area contributed by atoms with Crippen molar-refractivity contribution in [1.29, 1.82) is 0 Å². The lowest BCUT2D eigenvalue weighted by Crippen LogP contribution is -2.58. The first-order chi connectivity index (χ1) is 16.3. The molecule has 0 spiro atoms. The van der Waals surface area contributed by atoms with E-state index in [1.54, 1.807) is 30.3 Å². The van der Waals surface area contributed by atoms with E-state index in [1.165, 1.54) is 16.4 Å². The first-order valence-electron chi connectivity index (χ1n) is 11.3. The highest BCUT2D eigenvalue weighted by molar-refractivity contribution is 7.89. The van der Waals surface area contributed by atoms with Crippen molar-refractivity contribution in [2.45, 2.75) is 56.6 Å². The monoisotopic (exact) mass is 512 g/mol. The molecule has 1 heterocycles. The number of alkyl halides is 3. The maximum Gasteiger partial charge on any atom is 0.573 e. The van der Waals surface area contributed by atoms with Gasteiger partial charge in [0.2, 0.25) is 10.0 Å². The third kappa shape index (κ3) is 5.46. The second-order valence-electron chi connectivity index (χ2n) is 9.26. The van der Waals surface area contributed by atoms with Crippen molar-refractivity contribution >= 4 is 16.0 Å². The molecule has 1 N–H and O–H groups in total.